The van der Waals surface area contributed by atoms with Crippen LogP contribution in [0.5, 0.6) is 11.5 Å². The van der Waals surface area contributed by atoms with Crippen molar-refractivity contribution in [2.24, 2.45) is 0 Å². The molecule has 1 aromatic heterocycles. The molecule has 0 saturated carbocycles. The summed E-state index contributed by atoms with van der Waals surface area (Å²) in [5.41, 5.74) is 2.19. The van der Waals surface area contributed by atoms with E-state index in [-0.39, 0.29) is 6.04 Å². The van der Waals surface area contributed by atoms with Crippen molar-refractivity contribution in [3.8, 4) is 11.5 Å². The van der Waals surface area contributed by atoms with Crippen LogP contribution in [0.1, 0.15) is 31.1 Å². The maximum Gasteiger partial charge on any atom is 0.161 e. The molecule has 2 aromatic rings. The Hall–Kier alpha value is -2.07. The van der Waals surface area contributed by atoms with Gasteiger partial charge in [0.25, 0.3) is 0 Å². The van der Waals surface area contributed by atoms with E-state index in [1.807, 2.05) is 49.5 Å². The lowest BCUT2D eigenvalue weighted by Crippen LogP contribution is -2.19. The zero-order valence-corrected chi connectivity index (χ0v) is 12.8. The summed E-state index contributed by atoms with van der Waals surface area (Å²) in [4.78, 5) is 4.36. The lowest BCUT2D eigenvalue weighted by Gasteiger charge is -2.15. The predicted octanol–water partition coefficient (Wildman–Crippen LogP) is 3.34. The van der Waals surface area contributed by atoms with Crippen molar-refractivity contribution in [1.29, 1.82) is 0 Å². The van der Waals surface area contributed by atoms with Crippen molar-refractivity contribution in [3.63, 3.8) is 0 Å². The Kier molecular flexibility index (Phi) is 5.58. The number of benzene rings is 1. The highest BCUT2D eigenvalue weighted by Gasteiger charge is 2.08. The summed E-state index contributed by atoms with van der Waals surface area (Å²) in [5, 5.41) is 3.46. The van der Waals surface area contributed by atoms with Crippen molar-refractivity contribution in [1.82, 2.24) is 10.3 Å². The van der Waals surface area contributed by atoms with Gasteiger partial charge in [0, 0.05) is 18.8 Å². The average Bonchev–Trinajstić information content (AvgIpc) is 2.54. The van der Waals surface area contributed by atoms with E-state index in [2.05, 4.69) is 17.2 Å². The smallest absolute Gasteiger partial charge is 0.161 e. The van der Waals surface area contributed by atoms with Gasteiger partial charge in [0.2, 0.25) is 0 Å². The second-order valence-corrected chi connectivity index (χ2v) is 4.78. The molecule has 112 valence electrons. The zero-order chi connectivity index (χ0) is 15.1. The molecule has 4 heteroatoms. The monoisotopic (exact) mass is 286 g/mol. The first-order valence-corrected chi connectivity index (χ1v) is 7.18. The fraction of sp³-hybridized carbons (Fsp3) is 0.353. The van der Waals surface area contributed by atoms with Gasteiger partial charge in [-0.3, -0.25) is 4.98 Å². The molecule has 4 nitrogen and oxygen atoms in total. The Balaban J connectivity index is 2.01. The molecule has 0 aliphatic rings. The average molecular weight is 286 g/mol. The minimum Gasteiger partial charge on any atom is -0.493 e. The van der Waals surface area contributed by atoms with Crippen molar-refractivity contribution >= 4 is 0 Å². The second kappa shape index (κ2) is 7.64. The van der Waals surface area contributed by atoms with Crippen LogP contribution >= 0.6 is 0 Å². The van der Waals surface area contributed by atoms with Crippen LogP contribution in [-0.4, -0.2) is 18.7 Å². The summed E-state index contributed by atoms with van der Waals surface area (Å²) in [6.45, 7) is 5.45. The molecule has 21 heavy (non-hydrogen) atoms. The first-order valence-electron chi connectivity index (χ1n) is 7.18. The quantitative estimate of drug-likeness (QED) is 0.847. The minimum atomic E-state index is 0.198. The molecule has 0 amide bonds. The topological polar surface area (TPSA) is 43.4 Å². The van der Waals surface area contributed by atoms with Crippen LogP contribution in [0.3, 0.4) is 0 Å². The van der Waals surface area contributed by atoms with Crippen LogP contribution in [0.25, 0.3) is 0 Å². The van der Waals surface area contributed by atoms with Crippen LogP contribution in [-0.2, 0) is 6.54 Å². The Morgan fingerprint density at radius 2 is 2.05 bits per heavy atom. The van der Waals surface area contributed by atoms with Gasteiger partial charge in [0.1, 0.15) is 0 Å². The number of nitrogens with zero attached hydrogens (tertiary/aromatic N) is 1. The largest absolute Gasteiger partial charge is 0.493 e. The van der Waals surface area contributed by atoms with Gasteiger partial charge in [-0.1, -0.05) is 12.1 Å². The summed E-state index contributed by atoms with van der Waals surface area (Å²) in [6.07, 6.45) is 1.81. The number of ether oxygens (including phenoxy) is 2. The van der Waals surface area contributed by atoms with E-state index in [1.165, 1.54) is 0 Å². The number of hydrogen-bond donors (Lipinski definition) is 1. The third kappa shape index (κ3) is 4.20. The number of hydrogen-bond acceptors (Lipinski definition) is 4. The number of aromatic nitrogens is 1. The number of nitrogens with one attached hydrogen (secondary N) is 1. The van der Waals surface area contributed by atoms with E-state index < -0.39 is 0 Å². The molecular weight excluding hydrogens is 264 g/mol. The van der Waals surface area contributed by atoms with Crippen LogP contribution in [0, 0.1) is 0 Å². The van der Waals surface area contributed by atoms with Crippen molar-refractivity contribution < 1.29 is 9.47 Å². The molecule has 1 atom stereocenters. The standard InChI is InChI=1S/C17H22N2O2/c1-4-21-17-11-14(8-9-16(17)20-3)12-19-13(2)15-7-5-6-10-18-15/h5-11,13,19H,4,12H2,1-3H3/t13-/m1/s1. The van der Waals surface area contributed by atoms with E-state index in [1.54, 1.807) is 7.11 Å². The SMILES string of the molecule is CCOc1cc(CN[C@H](C)c2ccccn2)ccc1OC. The van der Waals surface area contributed by atoms with Crippen LogP contribution < -0.4 is 14.8 Å². The van der Waals surface area contributed by atoms with E-state index in [0.29, 0.717) is 6.61 Å². The molecule has 1 aromatic carbocycles. The lowest BCUT2D eigenvalue weighted by atomic mass is 10.1. The molecule has 2 rings (SSSR count). The Morgan fingerprint density at radius 1 is 1.19 bits per heavy atom. The Bertz CT molecular complexity index is 558. The number of rotatable bonds is 7. The molecule has 0 fully saturated rings. The van der Waals surface area contributed by atoms with Gasteiger partial charge in [-0.15, -0.1) is 0 Å². The third-order valence-electron chi connectivity index (χ3n) is 3.27. The highest BCUT2D eigenvalue weighted by Crippen LogP contribution is 2.28. The highest BCUT2D eigenvalue weighted by atomic mass is 16.5. The fourth-order valence-electron chi connectivity index (χ4n) is 2.11. The van der Waals surface area contributed by atoms with Gasteiger partial charge < -0.3 is 14.8 Å². The summed E-state index contributed by atoms with van der Waals surface area (Å²) >= 11 is 0. The minimum absolute atomic E-state index is 0.198. The molecule has 0 bridgehead atoms. The van der Waals surface area contributed by atoms with E-state index in [0.717, 1.165) is 29.3 Å². The molecule has 0 aliphatic carbocycles. The lowest BCUT2D eigenvalue weighted by molar-refractivity contribution is 0.310. The molecule has 1 N–H and O–H groups in total. The molecule has 0 spiro atoms. The van der Waals surface area contributed by atoms with Gasteiger partial charge >= 0.3 is 0 Å². The molecule has 1 heterocycles. The normalized spacial score (nSPS) is 12.0. The zero-order valence-electron chi connectivity index (χ0n) is 12.8. The summed E-state index contributed by atoms with van der Waals surface area (Å²) in [5.74, 6) is 1.54. The van der Waals surface area contributed by atoms with Gasteiger partial charge in [0.15, 0.2) is 11.5 Å². The van der Waals surface area contributed by atoms with E-state index >= 15 is 0 Å². The van der Waals surface area contributed by atoms with Gasteiger partial charge in [0.05, 0.1) is 19.4 Å². The van der Waals surface area contributed by atoms with Crippen LogP contribution in [0.15, 0.2) is 42.6 Å². The van der Waals surface area contributed by atoms with Crippen molar-refractivity contribution in [3.05, 3.63) is 53.9 Å². The molecular formula is C17H22N2O2. The van der Waals surface area contributed by atoms with E-state index in [4.69, 9.17) is 9.47 Å². The van der Waals surface area contributed by atoms with Gasteiger partial charge in [-0.25, -0.2) is 0 Å². The Labute approximate surface area is 126 Å². The number of methoxy groups -OCH3 is 1. The first-order chi connectivity index (χ1) is 10.2. The first kappa shape index (κ1) is 15.3. The molecule has 0 unspecified atom stereocenters. The molecule has 0 aliphatic heterocycles. The molecule has 0 radical (unpaired) electrons. The molecule has 0 saturated heterocycles. The number of pyridine rings is 1. The van der Waals surface area contributed by atoms with Crippen molar-refractivity contribution in [2.75, 3.05) is 13.7 Å². The van der Waals surface area contributed by atoms with Crippen LogP contribution in [0.2, 0.25) is 0 Å². The van der Waals surface area contributed by atoms with E-state index in [9.17, 15) is 0 Å². The third-order valence-corrected chi connectivity index (χ3v) is 3.27. The summed E-state index contributed by atoms with van der Waals surface area (Å²) in [7, 11) is 1.65. The summed E-state index contributed by atoms with van der Waals surface area (Å²) in [6, 6.07) is 12.1. The van der Waals surface area contributed by atoms with Gasteiger partial charge in [-0.05, 0) is 43.7 Å². The maximum atomic E-state index is 5.59. The summed E-state index contributed by atoms with van der Waals surface area (Å²) < 4.78 is 10.9. The van der Waals surface area contributed by atoms with Crippen LogP contribution in [0.4, 0.5) is 0 Å². The maximum absolute atomic E-state index is 5.59. The Morgan fingerprint density at radius 3 is 2.71 bits per heavy atom. The fourth-order valence-corrected chi connectivity index (χ4v) is 2.11. The predicted molar refractivity (Wildman–Crippen MR) is 83.7 cm³/mol. The second-order valence-electron chi connectivity index (χ2n) is 4.78. The van der Waals surface area contributed by atoms with Gasteiger partial charge in [-0.2, -0.15) is 0 Å². The van der Waals surface area contributed by atoms with Crippen molar-refractivity contribution in [2.45, 2.75) is 26.4 Å². The highest BCUT2D eigenvalue weighted by molar-refractivity contribution is 5.43.